The van der Waals surface area contributed by atoms with Crippen molar-refractivity contribution in [2.45, 2.75) is 24.4 Å². The zero-order chi connectivity index (χ0) is 21.2. The Balaban J connectivity index is 2.78. The molecule has 1 fully saturated rings. The van der Waals surface area contributed by atoms with E-state index in [1.165, 1.54) is 52.7 Å². The molecule has 28 heavy (non-hydrogen) atoms. The van der Waals surface area contributed by atoms with Gasteiger partial charge in [0.1, 0.15) is 0 Å². The van der Waals surface area contributed by atoms with Gasteiger partial charge in [0, 0.05) is 40.6 Å². The molecule has 0 heterocycles. The number of methoxy groups -OCH3 is 4. The lowest BCUT2D eigenvalue weighted by Gasteiger charge is -2.66. The van der Waals surface area contributed by atoms with Gasteiger partial charge in [0.25, 0.3) is 11.5 Å². The van der Waals surface area contributed by atoms with Crippen LogP contribution in [-0.4, -0.2) is 57.5 Å². The van der Waals surface area contributed by atoms with Gasteiger partial charge in [0.15, 0.2) is 0 Å². The van der Waals surface area contributed by atoms with E-state index in [4.69, 9.17) is 23.7 Å². The Morgan fingerprint density at radius 1 is 1.14 bits per heavy atom. The predicted molar refractivity (Wildman–Crippen MR) is 94.0 cm³/mol. The number of nitrogens with zero attached hydrogens (tertiary/aromatic N) is 2. The summed E-state index contributed by atoms with van der Waals surface area (Å²) in [5.74, 6) is -5.58. The van der Waals surface area contributed by atoms with Crippen LogP contribution in [0.5, 0.6) is 0 Å². The van der Waals surface area contributed by atoms with Gasteiger partial charge in [-0.3, -0.25) is 14.9 Å². The molecule has 2 atom stereocenters. The number of hydrogen-bond acceptors (Lipinski definition) is 9. The maximum Gasteiger partial charge on any atom is 0.333 e. The first kappa shape index (κ1) is 21.7. The van der Waals surface area contributed by atoms with Crippen molar-refractivity contribution in [2.75, 3.05) is 35.0 Å². The van der Waals surface area contributed by atoms with E-state index in [0.717, 1.165) is 0 Å². The van der Waals surface area contributed by atoms with Crippen LogP contribution in [0, 0.1) is 26.9 Å². The Bertz CT molecular complexity index is 780. The van der Waals surface area contributed by atoms with Crippen LogP contribution in [0.3, 0.4) is 0 Å². The van der Waals surface area contributed by atoms with Crippen molar-refractivity contribution in [3.8, 4) is 6.07 Å². The average Bonchev–Trinajstić information content (AvgIpc) is 2.70. The molecule has 0 bridgehead atoms. The smallest absolute Gasteiger partial charge is 0.333 e. The number of nitro benzene ring substituents is 1. The normalized spacial score (nSPS) is 24.6. The lowest BCUT2D eigenvalue weighted by molar-refractivity contribution is -0.483. The largest absolute Gasteiger partial charge is 0.465 e. The van der Waals surface area contributed by atoms with Crippen LogP contribution in [0.1, 0.15) is 18.4 Å². The molecule has 0 spiro atoms. The van der Waals surface area contributed by atoms with Crippen LogP contribution in [0.4, 0.5) is 5.69 Å². The van der Waals surface area contributed by atoms with E-state index in [0.29, 0.717) is 5.56 Å². The van der Waals surface area contributed by atoms with E-state index in [2.05, 4.69) is 0 Å². The van der Waals surface area contributed by atoms with Gasteiger partial charge >= 0.3 is 5.97 Å². The van der Waals surface area contributed by atoms with E-state index in [1.54, 1.807) is 6.92 Å². The molecule has 1 aliphatic rings. The molecule has 0 unspecified atom stereocenters. The lowest BCUT2D eigenvalue weighted by atomic mass is 9.49. The van der Waals surface area contributed by atoms with Crippen LogP contribution in [0.25, 0.3) is 0 Å². The highest BCUT2D eigenvalue weighted by Crippen LogP contribution is 2.69. The van der Waals surface area contributed by atoms with E-state index < -0.39 is 33.8 Å². The second kappa shape index (κ2) is 7.81. The molecular weight excluding hydrogens is 372 g/mol. The SMILES string of the molecule is CCOC(=O)[C@]1(C#N)[C@H](c2ccc([N+](=O)[O-])cc2)C(OC)(OC)C1(OC)OC. The fraction of sp³-hybridized carbons (Fsp3) is 0.556. The predicted octanol–water partition coefficient (Wildman–Crippen LogP) is 1.74. The highest BCUT2D eigenvalue weighted by molar-refractivity contribution is 5.86. The van der Waals surface area contributed by atoms with E-state index >= 15 is 0 Å². The third-order valence-electron chi connectivity index (χ3n) is 5.18. The van der Waals surface area contributed by atoms with Gasteiger partial charge in [-0.05, 0) is 12.5 Å². The van der Waals surface area contributed by atoms with Gasteiger partial charge in [-0.25, -0.2) is 0 Å². The molecule has 0 aromatic heterocycles. The minimum absolute atomic E-state index is 0.0196. The van der Waals surface area contributed by atoms with Crippen molar-refractivity contribution < 1.29 is 33.4 Å². The summed E-state index contributed by atoms with van der Waals surface area (Å²) >= 11 is 0. The molecule has 1 aliphatic carbocycles. The first-order valence-corrected chi connectivity index (χ1v) is 8.35. The van der Waals surface area contributed by atoms with Gasteiger partial charge < -0.3 is 23.7 Å². The molecule has 0 amide bonds. The second-order valence-corrected chi connectivity index (χ2v) is 6.02. The van der Waals surface area contributed by atoms with Crippen molar-refractivity contribution in [1.82, 2.24) is 0 Å². The van der Waals surface area contributed by atoms with Crippen LogP contribution >= 0.6 is 0 Å². The van der Waals surface area contributed by atoms with Crippen molar-refractivity contribution in [2.24, 2.45) is 5.41 Å². The number of non-ortho nitro benzene ring substituents is 1. The molecule has 1 saturated carbocycles. The molecule has 0 saturated heterocycles. The summed E-state index contributed by atoms with van der Waals surface area (Å²) in [4.78, 5) is 23.4. The third kappa shape index (κ3) is 2.44. The summed E-state index contributed by atoms with van der Waals surface area (Å²) in [5, 5.41) is 21.1. The van der Waals surface area contributed by atoms with Gasteiger partial charge in [-0.1, -0.05) is 12.1 Å². The quantitative estimate of drug-likeness (QED) is 0.280. The summed E-state index contributed by atoms with van der Waals surface area (Å²) in [5.41, 5.74) is -1.75. The number of hydrogen-bond donors (Lipinski definition) is 0. The highest BCUT2D eigenvalue weighted by atomic mass is 16.8. The Morgan fingerprint density at radius 3 is 2.04 bits per heavy atom. The topological polar surface area (TPSA) is 130 Å². The van der Waals surface area contributed by atoms with Crippen LogP contribution in [0.2, 0.25) is 0 Å². The summed E-state index contributed by atoms with van der Waals surface area (Å²) in [6.45, 7) is 1.62. The lowest BCUT2D eigenvalue weighted by Crippen LogP contribution is -2.85. The number of carbonyl (C=O) groups excluding carboxylic acids is 1. The first-order chi connectivity index (χ1) is 13.3. The van der Waals surface area contributed by atoms with Gasteiger partial charge in [-0.15, -0.1) is 0 Å². The Morgan fingerprint density at radius 2 is 1.68 bits per heavy atom. The van der Waals surface area contributed by atoms with Gasteiger partial charge in [0.05, 0.1) is 23.5 Å². The minimum Gasteiger partial charge on any atom is -0.465 e. The van der Waals surface area contributed by atoms with Crippen molar-refractivity contribution in [3.05, 3.63) is 39.9 Å². The number of ether oxygens (including phenoxy) is 5. The van der Waals surface area contributed by atoms with Crippen molar-refractivity contribution >= 4 is 11.7 Å². The average molecular weight is 394 g/mol. The Hall–Kier alpha value is -2.58. The number of rotatable bonds is 8. The van der Waals surface area contributed by atoms with Crippen LogP contribution in [-0.2, 0) is 28.5 Å². The summed E-state index contributed by atoms with van der Waals surface area (Å²) in [6.07, 6.45) is 0. The molecule has 152 valence electrons. The fourth-order valence-electron chi connectivity index (χ4n) is 4.08. The fourth-order valence-corrected chi connectivity index (χ4v) is 4.08. The standard InChI is InChI=1S/C18H22N2O8/c1-6-28-15(21)16(11-19)14(12-7-9-13(10-8-12)20(22)23)17(24-2,25-3)18(16,26-4)27-5/h7-10,14H,6H2,1-5H3/t14-,16-/m0/s1. The summed E-state index contributed by atoms with van der Waals surface area (Å²) < 4.78 is 27.3. The number of carbonyl (C=O) groups is 1. The van der Waals surface area contributed by atoms with Crippen LogP contribution in [0.15, 0.2) is 24.3 Å². The van der Waals surface area contributed by atoms with Gasteiger partial charge in [0.2, 0.25) is 11.2 Å². The van der Waals surface area contributed by atoms with Gasteiger partial charge in [-0.2, -0.15) is 5.26 Å². The molecule has 1 aromatic rings. The Kier molecular flexibility index (Phi) is 6.06. The molecule has 0 aliphatic heterocycles. The zero-order valence-corrected chi connectivity index (χ0v) is 16.3. The number of nitro groups is 1. The third-order valence-corrected chi connectivity index (χ3v) is 5.18. The molecule has 0 radical (unpaired) electrons. The maximum atomic E-state index is 13.0. The molecule has 1 aromatic carbocycles. The molecule has 10 nitrogen and oxygen atoms in total. The first-order valence-electron chi connectivity index (χ1n) is 8.35. The zero-order valence-electron chi connectivity index (χ0n) is 16.3. The molecule has 10 heteroatoms. The van der Waals surface area contributed by atoms with E-state index in [1.807, 2.05) is 6.07 Å². The number of benzene rings is 1. The summed E-state index contributed by atoms with van der Waals surface area (Å²) in [6, 6.07) is 7.36. The minimum atomic E-state index is -1.99. The number of esters is 1. The van der Waals surface area contributed by atoms with E-state index in [9.17, 15) is 20.2 Å². The monoisotopic (exact) mass is 394 g/mol. The maximum absolute atomic E-state index is 13.0. The van der Waals surface area contributed by atoms with E-state index in [-0.39, 0.29) is 12.3 Å². The summed E-state index contributed by atoms with van der Waals surface area (Å²) in [7, 11) is 5.16. The van der Waals surface area contributed by atoms with Crippen molar-refractivity contribution in [3.63, 3.8) is 0 Å². The highest BCUT2D eigenvalue weighted by Gasteiger charge is 2.89. The Labute approximate surface area is 162 Å². The second-order valence-electron chi connectivity index (χ2n) is 6.02. The molecular formula is C18H22N2O8. The molecule has 0 N–H and O–H groups in total. The molecule has 2 rings (SSSR count). The van der Waals surface area contributed by atoms with Crippen molar-refractivity contribution in [1.29, 1.82) is 5.26 Å². The van der Waals surface area contributed by atoms with Crippen LogP contribution < -0.4 is 0 Å². The number of nitriles is 1.